The Kier molecular flexibility index (Phi) is 4.60. The molecule has 1 aromatic heterocycles. The number of hydrogen-bond donors (Lipinski definition) is 1. The molecule has 0 saturated carbocycles. The van der Waals surface area contributed by atoms with E-state index in [4.69, 9.17) is 21.6 Å². The van der Waals surface area contributed by atoms with Crippen molar-refractivity contribution in [2.45, 2.75) is 6.54 Å². The van der Waals surface area contributed by atoms with Crippen molar-refractivity contribution in [2.75, 3.05) is 11.9 Å². The van der Waals surface area contributed by atoms with E-state index in [1.54, 1.807) is 18.5 Å². The average Bonchev–Trinajstić information content (AvgIpc) is 2.45. The zero-order valence-electron chi connectivity index (χ0n) is 10.1. The summed E-state index contributed by atoms with van der Waals surface area (Å²) < 4.78 is 5.24. The first-order chi connectivity index (χ1) is 9.29. The molecule has 0 aliphatic rings. The lowest BCUT2D eigenvalue weighted by Gasteiger charge is -2.09. The molecule has 0 aliphatic carbocycles. The number of benzene rings is 1. The Balaban J connectivity index is 2.00. The summed E-state index contributed by atoms with van der Waals surface area (Å²) in [5.41, 5.74) is 1.82. The number of anilines is 1. The highest BCUT2D eigenvalue weighted by Gasteiger charge is 2.00. The number of hydrogen-bond acceptors (Lipinski definition) is 4. The number of aromatic nitrogens is 1. The number of halogens is 1. The normalized spacial score (nSPS) is 9.68. The summed E-state index contributed by atoms with van der Waals surface area (Å²) >= 11 is 6.03. The first kappa shape index (κ1) is 13.2. The van der Waals surface area contributed by atoms with E-state index in [2.05, 4.69) is 10.3 Å². The highest BCUT2D eigenvalue weighted by Crippen LogP contribution is 2.20. The van der Waals surface area contributed by atoms with Crippen LogP contribution >= 0.6 is 11.6 Å². The minimum Gasteiger partial charge on any atom is -0.479 e. The van der Waals surface area contributed by atoms with Crippen LogP contribution in [0.3, 0.4) is 0 Å². The molecule has 0 radical (unpaired) electrons. The summed E-state index contributed by atoms with van der Waals surface area (Å²) in [5.74, 6) is 0.679. The van der Waals surface area contributed by atoms with Gasteiger partial charge in [-0.25, -0.2) is 0 Å². The Labute approximate surface area is 116 Å². The van der Waals surface area contributed by atoms with Gasteiger partial charge in [0.15, 0.2) is 6.61 Å². The number of nitriles is 1. The molecule has 5 heteroatoms. The van der Waals surface area contributed by atoms with Crippen LogP contribution in [-0.2, 0) is 6.54 Å². The van der Waals surface area contributed by atoms with E-state index in [-0.39, 0.29) is 6.61 Å². The van der Waals surface area contributed by atoms with Crippen LogP contribution in [0.15, 0.2) is 42.7 Å². The second-order valence-corrected chi connectivity index (χ2v) is 4.21. The van der Waals surface area contributed by atoms with Gasteiger partial charge >= 0.3 is 0 Å². The molecule has 0 spiro atoms. The monoisotopic (exact) mass is 273 g/mol. The van der Waals surface area contributed by atoms with Crippen LogP contribution in [0.25, 0.3) is 0 Å². The fourth-order valence-corrected chi connectivity index (χ4v) is 1.74. The van der Waals surface area contributed by atoms with E-state index in [0.29, 0.717) is 17.3 Å². The van der Waals surface area contributed by atoms with E-state index < -0.39 is 0 Å². The summed E-state index contributed by atoms with van der Waals surface area (Å²) in [6, 6.07) is 11.2. The molecule has 19 heavy (non-hydrogen) atoms. The maximum absolute atomic E-state index is 8.47. The predicted molar refractivity (Wildman–Crippen MR) is 74.1 cm³/mol. The summed E-state index contributed by atoms with van der Waals surface area (Å²) in [6.45, 7) is 0.653. The van der Waals surface area contributed by atoms with E-state index in [0.717, 1.165) is 11.3 Å². The lowest BCUT2D eigenvalue weighted by molar-refractivity contribution is 0.368. The van der Waals surface area contributed by atoms with Gasteiger partial charge in [0, 0.05) is 12.7 Å². The van der Waals surface area contributed by atoms with Crippen molar-refractivity contribution >= 4 is 17.3 Å². The molecule has 0 fully saturated rings. The number of nitrogens with one attached hydrogen (secondary N) is 1. The maximum atomic E-state index is 8.47. The van der Waals surface area contributed by atoms with Crippen LogP contribution < -0.4 is 10.1 Å². The van der Waals surface area contributed by atoms with Crippen molar-refractivity contribution in [3.8, 4) is 11.8 Å². The zero-order valence-corrected chi connectivity index (χ0v) is 10.9. The molecule has 2 aromatic rings. The van der Waals surface area contributed by atoms with Gasteiger partial charge in [-0.15, -0.1) is 0 Å². The standard InChI is InChI=1S/C14H12ClN3O/c15-13-4-6-17-10-14(13)18-9-11-2-1-3-12(8-11)19-7-5-16/h1-4,6,8,10,18H,7,9H2. The molecule has 0 bridgehead atoms. The SMILES string of the molecule is N#CCOc1cccc(CNc2cnccc2Cl)c1. The first-order valence-corrected chi connectivity index (χ1v) is 6.09. The third-order valence-corrected chi connectivity index (χ3v) is 2.78. The molecule has 0 atom stereocenters. The minimum absolute atomic E-state index is 0.0469. The molecule has 0 unspecified atom stereocenters. The average molecular weight is 274 g/mol. The fourth-order valence-electron chi connectivity index (χ4n) is 1.57. The van der Waals surface area contributed by atoms with Crippen molar-refractivity contribution < 1.29 is 4.74 Å². The molecule has 0 amide bonds. The Morgan fingerprint density at radius 3 is 3.05 bits per heavy atom. The van der Waals surface area contributed by atoms with E-state index in [9.17, 15) is 0 Å². The second-order valence-electron chi connectivity index (χ2n) is 3.80. The van der Waals surface area contributed by atoms with E-state index >= 15 is 0 Å². The van der Waals surface area contributed by atoms with Crippen molar-refractivity contribution in [1.82, 2.24) is 4.98 Å². The fraction of sp³-hybridized carbons (Fsp3) is 0.143. The van der Waals surface area contributed by atoms with Gasteiger partial charge in [-0.2, -0.15) is 5.26 Å². The van der Waals surface area contributed by atoms with Crippen molar-refractivity contribution in [3.63, 3.8) is 0 Å². The first-order valence-electron chi connectivity index (χ1n) is 5.71. The molecule has 0 saturated heterocycles. The summed E-state index contributed by atoms with van der Waals surface area (Å²) in [6.07, 6.45) is 3.32. The number of nitrogens with zero attached hydrogens (tertiary/aromatic N) is 2. The van der Waals surface area contributed by atoms with Crippen molar-refractivity contribution in [2.24, 2.45) is 0 Å². The number of pyridine rings is 1. The molecule has 4 nitrogen and oxygen atoms in total. The van der Waals surface area contributed by atoms with Gasteiger partial charge in [-0.05, 0) is 23.8 Å². The molecule has 0 aliphatic heterocycles. The van der Waals surface area contributed by atoms with Gasteiger partial charge < -0.3 is 10.1 Å². The second kappa shape index (κ2) is 6.62. The minimum atomic E-state index is 0.0469. The van der Waals surface area contributed by atoms with Gasteiger partial charge in [0.2, 0.25) is 0 Å². The van der Waals surface area contributed by atoms with Crippen LogP contribution in [-0.4, -0.2) is 11.6 Å². The quantitative estimate of drug-likeness (QED) is 0.908. The lowest BCUT2D eigenvalue weighted by Crippen LogP contribution is -2.01. The third-order valence-electron chi connectivity index (χ3n) is 2.45. The highest BCUT2D eigenvalue weighted by atomic mass is 35.5. The molecule has 2 rings (SSSR count). The molecule has 1 aromatic carbocycles. The van der Waals surface area contributed by atoms with Gasteiger partial charge in [0.25, 0.3) is 0 Å². The smallest absolute Gasteiger partial charge is 0.174 e. The Morgan fingerprint density at radius 2 is 2.26 bits per heavy atom. The van der Waals surface area contributed by atoms with E-state index in [1.807, 2.05) is 30.3 Å². The third kappa shape index (κ3) is 3.87. The Hall–Kier alpha value is -2.25. The van der Waals surface area contributed by atoms with Crippen LogP contribution in [0, 0.1) is 11.3 Å². The van der Waals surface area contributed by atoms with Crippen LogP contribution in [0.4, 0.5) is 5.69 Å². The predicted octanol–water partition coefficient (Wildman–Crippen LogP) is 3.25. The van der Waals surface area contributed by atoms with Crippen LogP contribution in [0.5, 0.6) is 5.75 Å². The zero-order chi connectivity index (χ0) is 13.5. The van der Waals surface area contributed by atoms with Crippen LogP contribution in [0.2, 0.25) is 5.02 Å². The van der Waals surface area contributed by atoms with Crippen molar-refractivity contribution in [3.05, 3.63) is 53.3 Å². The molecular weight excluding hydrogens is 262 g/mol. The van der Waals surface area contributed by atoms with Gasteiger partial charge in [-0.1, -0.05) is 23.7 Å². The summed E-state index contributed by atoms with van der Waals surface area (Å²) in [7, 11) is 0. The maximum Gasteiger partial charge on any atom is 0.174 e. The molecule has 96 valence electrons. The van der Waals surface area contributed by atoms with E-state index in [1.165, 1.54) is 0 Å². The number of ether oxygens (including phenoxy) is 1. The Morgan fingerprint density at radius 1 is 1.37 bits per heavy atom. The summed E-state index contributed by atoms with van der Waals surface area (Å²) in [4.78, 5) is 4.01. The molecule has 1 heterocycles. The lowest BCUT2D eigenvalue weighted by atomic mass is 10.2. The van der Waals surface area contributed by atoms with Crippen molar-refractivity contribution in [1.29, 1.82) is 5.26 Å². The van der Waals surface area contributed by atoms with Gasteiger partial charge in [0.1, 0.15) is 11.8 Å². The molecular formula is C14H12ClN3O. The largest absolute Gasteiger partial charge is 0.479 e. The van der Waals surface area contributed by atoms with Crippen LogP contribution in [0.1, 0.15) is 5.56 Å². The van der Waals surface area contributed by atoms with Gasteiger partial charge in [0.05, 0.1) is 16.9 Å². The van der Waals surface area contributed by atoms with Gasteiger partial charge in [-0.3, -0.25) is 4.98 Å². The molecule has 1 N–H and O–H groups in total. The number of rotatable bonds is 5. The topological polar surface area (TPSA) is 57.9 Å². The summed E-state index contributed by atoms with van der Waals surface area (Å²) in [5, 5.41) is 12.3. The highest BCUT2D eigenvalue weighted by molar-refractivity contribution is 6.33. The Bertz CT molecular complexity index is 595.